The molecule has 0 saturated carbocycles. The predicted molar refractivity (Wildman–Crippen MR) is 40.0 cm³/mol. The van der Waals surface area contributed by atoms with Gasteiger partial charge in [-0.25, -0.2) is 9.59 Å². The fraction of sp³-hybridized carbons (Fsp3) is 0.571. The Morgan fingerprint density at radius 1 is 1.23 bits per heavy atom. The Hall–Kier alpha value is -1.59. The van der Waals surface area contributed by atoms with E-state index in [1.165, 1.54) is 0 Å². The van der Waals surface area contributed by atoms with E-state index < -0.39 is 23.9 Å². The maximum absolute atomic E-state index is 10.9. The van der Waals surface area contributed by atoms with Gasteiger partial charge in [-0.1, -0.05) is 0 Å². The van der Waals surface area contributed by atoms with E-state index in [9.17, 15) is 14.4 Å². The summed E-state index contributed by atoms with van der Waals surface area (Å²) in [4.78, 5) is 32.6. The lowest BCUT2D eigenvalue weighted by molar-refractivity contribution is -0.159. The highest BCUT2D eigenvalue weighted by Crippen LogP contribution is 2.17. The standard InChI is InChI=1S/C7H9NO5/c9-5(7(12)13)8-3-1-2-4(8)6(10)11/h4H,1-3H2,(H,10,11)(H,12,13)/t4-/m0/s1. The molecule has 1 rings (SSSR count). The highest BCUT2D eigenvalue weighted by Gasteiger charge is 2.36. The van der Waals surface area contributed by atoms with Crippen LogP contribution in [0.15, 0.2) is 0 Å². The molecule has 1 heterocycles. The van der Waals surface area contributed by atoms with Crippen molar-refractivity contribution >= 4 is 17.8 Å². The Balaban J connectivity index is 2.74. The average Bonchev–Trinajstić information content (AvgIpc) is 2.50. The molecule has 0 bridgehead atoms. The minimum absolute atomic E-state index is 0.210. The van der Waals surface area contributed by atoms with Gasteiger partial charge < -0.3 is 15.1 Å². The first-order valence-corrected chi connectivity index (χ1v) is 3.80. The number of carboxylic acids is 2. The number of likely N-dealkylation sites (tertiary alicyclic amines) is 1. The van der Waals surface area contributed by atoms with Crippen LogP contribution in [0.5, 0.6) is 0 Å². The number of rotatable bonds is 1. The molecule has 1 aliphatic heterocycles. The van der Waals surface area contributed by atoms with Crippen molar-refractivity contribution in [1.82, 2.24) is 4.90 Å². The molecule has 2 N–H and O–H groups in total. The molecule has 1 aliphatic rings. The summed E-state index contributed by atoms with van der Waals surface area (Å²) in [6, 6.07) is -0.969. The van der Waals surface area contributed by atoms with Gasteiger partial charge in [0, 0.05) is 6.54 Å². The zero-order valence-electron chi connectivity index (χ0n) is 6.77. The van der Waals surface area contributed by atoms with Crippen molar-refractivity contribution in [3.05, 3.63) is 0 Å². The van der Waals surface area contributed by atoms with Crippen LogP contribution < -0.4 is 0 Å². The molecular formula is C7H9NO5. The summed E-state index contributed by atoms with van der Waals surface area (Å²) in [5.74, 6) is -3.88. The molecule has 6 nitrogen and oxygen atoms in total. The maximum atomic E-state index is 10.9. The molecule has 1 saturated heterocycles. The summed E-state index contributed by atoms with van der Waals surface area (Å²) < 4.78 is 0. The lowest BCUT2D eigenvalue weighted by atomic mass is 10.2. The SMILES string of the molecule is O=C(O)C(=O)N1CCC[C@H]1C(=O)O. The normalized spacial score (nSPS) is 21.5. The van der Waals surface area contributed by atoms with Crippen LogP contribution in [-0.2, 0) is 14.4 Å². The Kier molecular flexibility index (Phi) is 2.50. The second kappa shape index (κ2) is 3.42. The Morgan fingerprint density at radius 3 is 2.31 bits per heavy atom. The van der Waals surface area contributed by atoms with Gasteiger partial charge >= 0.3 is 17.8 Å². The van der Waals surface area contributed by atoms with Gasteiger partial charge in [-0.15, -0.1) is 0 Å². The third-order valence-electron chi connectivity index (χ3n) is 1.98. The van der Waals surface area contributed by atoms with Crippen molar-refractivity contribution in [3.63, 3.8) is 0 Å². The quantitative estimate of drug-likeness (QED) is 0.521. The average molecular weight is 187 g/mol. The number of hydrogen-bond acceptors (Lipinski definition) is 3. The van der Waals surface area contributed by atoms with Gasteiger partial charge in [0.25, 0.3) is 0 Å². The van der Waals surface area contributed by atoms with E-state index in [1.807, 2.05) is 0 Å². The molecule has 72 valence electrons. The van der Waals surface area contributed by atoms with Crippen LogP contribution in [0, 0.1) is 0 Å². The Bertz CT molecular complexity index is 262. The first-order valence-electron chi connectivity index (χ1n) is 3.80. The van der Waals surface area contributed by atoms with Crippen molar-refractivity contribution < 1.29 is 24.6 Å². The van der Waals surface area contributed by atoms with E-state index in [0.29, 0.717) is 12.8 Å². The number of carbonyl (C=O) groups excluding carboxylic acids is 1. The number of nitrogens with zero attached hydrogens (tertiary/aromatic N) is 1. The van der Waals surface area contributed by atoms with E-state index >= 15 is 0 Å². The van der Waals surface area contributed by atoms with Crippen molar-refractivity contribution in [3.8, 4) is 0 Å². The molecule has 13 heavy (non-hydrogen) atoms. The number of carbonyl (C=O) groups is 3. The summed E-state index contributed by atoms with van der Waals surface area (Å²) in [5.41, 5.74) is 0. The van der Waals surface area contributed by atoms with Gasteiger partial charge in [0.1, 0.15) is 6.04 Å². The third-order valence-corrected chi connectivity index (χ3v) is 1.98. The van der Waals surface area contributed by atoms with Crippen molar-refractivity contribution in [1.29, 1.82) is 0 Å². The minimum atomic E-state index is -1.60. The second-order valence-corrected chi connectivity index (χ2v) is 2.80. The summed E-state index contributed by atoms with van der Waals surface area (Å²) in [6.07, 6.45) is 0.865. The zero-order chi connectivity index (χ0) is 10.0. The topological polar surface area (TPSA) is 94.9 Å². The molecule has 0 aromatic heterocycles. The van der Waals surface area contributed by atoms with E-state index in [-0.39, 0.29) is 6.54 Å². The van der Waals surface area contributed by atoms with Crippen LogP contribution >= 0.6 is 0 Å². The number of aliphatic carboxylic acids is 2. The fourth-order valence-corrected chi connectivity index (χ4v) is 1.39. The molecule has 1 amide bonds. The first kappa shape index (κ1) is 9.50. The lowest BCUT2D eigenvalue weighted by Gasteiger charge is -2.18. The van der Waals surface area contributed by atoms with E-state index in [0.717, 1.165) is 4.90 Å². The van der Waals surface area contributed by atoms with E-state index in [4.69, 9.17) is 10.2 Å². The van der Waals surface area contributed by atoms with Gasteiger partial charge in [0.15, 0.2) is 0 Å². The number of carboxylic acid groups (broad SMARTS) is 2. The third kappa shape index (κ3) is 1.77. The summed E-state index contributed by atoms with van der Waals surface area (Å²) >= 11 is 0. The van der Waals surface area contributed by atoms with E-state index in [2.05, 4.69) is 0 Å². The van der Waals surface area contributed by atoms with Gasteiger partial charge in [-0.05, 0) is 12.8 Å². The molecule has 0 aromatic rings. The summed E-state index contributed by atoms with van der Waals surface area (Å²) in [5, 5.41) is 17.0. The lowest BCUT2D eigenvalue weighted by Crippen LogP contribution is -2.43. The maximum Gasteiger partial charge on any atom is 0.394 e. The molecule has 0 spiro atoms. The van der Waals surface area contributed by atoms with Crippen LogP contribution in [-0.4, -0.2) is 45.5 Å². The second-order valence-electron chi connectivity index (χ2n) is 2.80. The predicted octanol–water partition coefficient (Wildman–Crippen LogP) is -0.853. The molecule has 0 aliphatic carbocycles. The molecule has 0 unspecified atom stereocenters. The van der Waals surface area contributed by atoms with Gasteiger partial charge in [0.2, 0.25) is 0 Å². The highest BCUT2D eigenvalue weighted by atomic mass is 16.4. The van der Waals surface area contributed by atoms with Crippen LogP contribution in [0.4, 0.5) is 0 Å². The van der Waals surface area contributed by atoms with Crippen molar-refractivity contribution in [2.45, 2.75) is 18.9 Å². The van der Waals surface area contributed by atoms with Crippen LogP contribution in [0.25, 0.3) is 0 Å². The van der Waals surface area contributed by atoms with E-state index in [1.54, 1.807) is 0 Å². The molecule has 1 fully saturated rings. The zero-order valence-corrected chi connectivity index (χ0v) is 6.77. The first-order chi connectivity index (χ1) is 6.04. The molecule has 6 heteroatoms. The summed E-state index contributed by atoms with van der Waals surface area (Å²) in [7, 11) is 0. The van der Waals surface area contributed by atoms with Crippen LogP contribution in [0.3, 0.4) is 0 Å². The van der Waals surface area contributed by atoms with Gasteiger partial charge in [-0.2, -0.15) is 0 Å². The van der Waals surface area contributed by atoms with Crippen LogP contribution in [0.2, 0.25) is 0 Å². The summed E-state index contributed by atoms with van der Waals surface area (Å²) in [6.45, 7) is 0.210. The molecular weight excluding hydrogens is 178 g/mol. The monoisotopic (exact) mass is 187 g/mol. The molecule has 0 radical (unpaired) electrons. The minimum Gasteiger partial charge on any atom is -0.480 e. The Morgan fingerprint density at radius 2 is 1.85 bits per heavy atom. The number of amides is 1. The van der Waals surface area contributed by atoms with Crippen molar-refractivity contribution in [2.75, 3.05) is 6.54 Å². The highest BCUT2D eigenvalue weighted by molar-refractivity contribution is 6.31. The van der Waals surface area contributed by atoms with Gasteiger partial charge in [0.05, 0.1) is 0 Å². The fourth-order valence-electron chi connectivity index (χ4n) is 1.39. The number of hydrogen-bond donors (Lipinski definition) is 2. The smallest absolute Gasteiger partial charge is 0.394 e. The Labute approximate surface area is 73.8 Å². The molecule has 0 aromatic carbocycles. The van der Waals surface area contributed by atoms with Gasteiger partial charge in [-0.3, -0.25) is 4.79 Å². The largest absolute Gasteiger partial charge is 0.480 e. The van der Waals surface area contributed by atoms with Crippen molar-refractivity contribution in [2.24, 2.45) is 0 Å². The molecule has 1 atom stereocenters. The van der Waals surface area contributed by atoms with Crippen LogP contribution in [0.1, 0.15) is 12.8 Å².